The van der Waals surface area contributed by atoms with Gasteiger partial charge in [-0.05, 0) is 38.1 Å². The Morgan fingerprint density at radius 2 is 2.16 bits per heavy atom. The normalized spacial score (nSPS) is 19.0. The van der Waals surface area contributed by atoms with Crippen LogP contribution in [-0.2, 0) is 0 Å². The molecule has 1 aromatic heterocycles. The average molecular weight is 280 g/mol. The van der Waals surface area contributed by atoms with E-state index in [0.29, 0.717) is 11.5 Å². The largest absolute Gasteiger partial charge is 0.316 e. The number of hydrogen-bond acceptors (Lipinski definition) is 3. The van der Waals surface area contributed by atoms with Gasteiger partial charge in [-0.2, -0.15) is 0 Å². The lowest BCUT2D eigenvalue weighted by molar-refractivity contribution is 0.509. The molecule has 5 heteroatoms. The predicted molar refractivity (Wildman–Crippen MR) is 72.4 cm³/mol. The quantitative estimate of drug-likeness (QED) is 0.911. The van der Waals surface area contributed by atoms with Crippen molar-refractivity contribution in [3.63, 3.8) is 0 Å². The molecule has 1 N–H and O–H groups in total. The number of rotatable bonds is 2. The third-order valence-corrected chi connectivity index (χ3v) is 4.55. The monoisotopic (exact) mass is 280 g/mol. The SMILES string of the molecule is Cc1sc(C2CCNC2)nc1-c1ccc(F)c(F)c1. The minimum atomic E-state index is -0.825. The standard InChI is InChI=1S/C14H14F2N2S/c1-8-13(9-2-3-11(15)12(16)6-9)18-14(19-8)10-4-5-17-7-10/h2-3,6,10,17H,4-5,7H2,1H3. The number of aromatic nitrogens is 1. The summed E-state index contributed by atoms with van der Waals surface area (Å²) in [5.74, 6) is -1.20. The lowest BCUT2D eigenvalue weighted by Crippen LogP contribution is -2.07. The molecule has 1 aliphatic heterocycles. The summed E-state index contributed by atoms with van der Waals surface area (Å²) in [6.45, 7) is 3.94. The molecule has 1 aliphatic rings. The number of nitrogens with one attached hydrogen (secondary N) is 1. The summed E-state index contributed by atoms with van der Waals surface area (Å²) in [4.78, 5) is 5.67. The van der Waals surface area contributed by atoms with Gasteiger partial charge in [0.05, 0.1) is 10.7 Å². The molecular weight excluding hydrogens is 266 g/mol. The zero-order valence-electron chi connectivity index (χ0n) is 10.5. The number of benzene rings is 1. The first-order valence-corrected chi connectivity index (χ1v) is 7.10. The molecule has 1 aromatic carbocycles. The van der Waals surface area contributed by atoms with Crippen LogP contribution in [0.15, 0.2) is 18.2 Å². The molecule has 0 aliphatic carbocycles. The van der Waals surface area contributed by atoms with E-state index in [9.17, 15) is 8.78 Å². The van der Waals surface area contributed by atoms with Crippen molar-refractivity contribution in [2.45, 2.75) is 19.3 Å². The van der Waals surface area contributed by atoms with Crippen LogP contribution in [0.25, 0.3) is 11.3 Å². The zero-order valence-corrected chi connectivity index (χ0v) is 11.4. The van der Waals surface area contributed by atoms with Crippen molar-refractivity contribution in [1.82, 2.24) is 10.3 Å². The van der Waals surface area contributed by atoms with Crippen molar-refractivity contribution in [2.75, 3.05) is 13.1 Å². The average Bonchev–Trinajstić information content (AvgIpc) is 3.01. The second kappa shape index (κ2) is 4.98. The molecule has 0 saturated carbocycles. The molecule has 1 saturated heterocycles. The molecule has 0 amide bonds. The van der Waals surface area contributed by atoms with Gasteiger partial charge in [-0.15, -0.1) is 11.3 Å². The number of thiazole rings is 1. The number of nitrogens with zero attached hydrogens (tertiary/aromatic N) is 1. The van der Waals surface area contributed by atoms with Crippen LogP contribution >= 0.6 is 11.3 Å². The summed E-state index contributed by atoms with van der Waals surface area (Å²) in [5, 5.41) is 4.40. The molecule has 1 unspecified atom stereocenters. The van der Waals surface area contributed by atoms with Gasteiger partial charge < -0.3 is 5.32 Å². The van der Waals surface area contributed by atoms with E-state index >= 15 is 0 Å². The third kappa shape index (κ3) is 2.40. The Balaban J connectivity index is 1.97. The first-order chi connectivity index (χ1) is 9.15. The third-order valence-electron chi connectivity index (χ3n) is 3.42. The molecule has 0 bridgehead atoms. The van der Waals surface area contributed by atoms with Gasteiger partial charge >= 0.3 is 0 Å². The number of aryl methyl sites for hydroxylation is 1. The fourth-order valence-corrected chi connectivity index (χ4v) is 3.45. The lowest BCUT2D eigenvalue weighted by atomic mass is 10.1. The maximum atomic E-state index is 13.3. The van der Waals surface area contributed by atoms with E-state index in [1.807, 2.05) is 6.92 Å². The van der Waals surface area contributed by atoms with Gasteiger partial charge in [-0.1, -0.05) is 0 Å². The highest BCUT2D eigenvalue weighted by atomic mass is 32.1. The number of hydrogen-bond donors (Lipinski definition) is 1. The van der Waals surface area contributed by atoms with Crippen molar-refractivity contribution in [2.24, 2.45) is 0 Å². The first-order valence-electron chi connectivity index (χ1n) is 6.28. The van der Waals surface area contributed by atoms with Gasteiger partial charge in [0.25, 0.3) is 0 Å². The molecule has 100 valence electrons. The summed E-state index contributed by atoms with van der Waals surface area (Å²) in [5.41, 5.74) is 1.41. The Labute approximate surface area is 114 Å². The van der Waals surface area contributed by atoms with Gasteiger partial charge in [0.15, 0.2) is 11.6 Å². The minimum Gasteiger partial charge on any atom is -0.316 e. The van der Waals surface area contributed by atoms with Crippen molar-refractivity contribution >= 4 is 11.3 Å². The minimum absolute atomic E-state index is 0.447. The van der Waals surface area contributed by atoms with Crippen LogP contribution in [-0.4, -0.2) is 18.1 Å². The van der Waals surface area contributed by atoms with E-state index in [1.54, 1.807) is 17.4 Å². The molecule has 19 heavy (non-hydrogen) atoms. The Kier molecular flexibility index (Phi) is 3.33. The second-order valence-corrected chi connectivity index (χ2v) is 6.01. The Bertz CT molecular complexity index is 603. The smallest absolute Gasteiger partial charge is 0.159 e. The first kappa shape index (κ1) is 12.7. The van der Waals surface area contributed by atoms with E-state index < -0.39 is 11.6 Å². The van der Waals surface area contributed by atoms with Gasteiger partial charge in [-0.25, -0.2) is 13.8 Å². The fourth-order valence-electron chi connectivity index (χ4n) is 2.37. The highest BCUT2D eigenvalue weighted by Crippen LogP contribution is 2.33. The van der Waals surface area contributed by atoms with Crippen LogP contribution < -0.4 is 5.32 Å². The van der Waals surface area contributed by atoms with Gasteiger partial charge in [-0.3, -0.25) is 0 Å². The Morgan fingerprint density at radius 3 is 2.84 bits per heavy atom. The molecule has 3 rings (SSSR count). The van der Waals surface area contributed by atoms with Crippen LogP contribution in [0.1, 0.15) is 22.2 Å². The zero-order chi connectivity index (χ0) is 13.4. The van der Waals surface area contributed by atoms with Crippen LogP contribution in [0.3, 0.4) is 0 Å². The van der Waals surface area contributed by atoms with Gasteiger partial charge in [0, 0.05) is 22.9 Å². The highest BCUT2D eigenvalue weighted by molar-refractivity contribution is 7.12. The molecular formula is C14H14F2N2S. The molecule has 1 fully saturated rings. The van der Waals surface area contributed by atoms with Crippen molar-refractivity contribution < 1.29 is 8.78 Å². The van der Waals surface area contributed by atoms with Crippen LogP contribution in [0.2, 0.25) is 0 Å². The van der Waals surface area contributed by atoms with E-state index in [4.69, 9.17) is 0 Å². The van der Waals surface area contributed by atoms with Crippen LogP contribution in [0.5, 0.6) is 0 Å². The summed E-state index contributed by atoms with van der Waals surface area (Å²) in [6.07, 6.45) is 1.09. The molecule has 1 atom stereocenters. The Morgan fingerprint density at radius 1 is 1.32 bits per heavy atom. The second-order valence-electron chi connectivity index (χ2n) is 4.78. The van der Waals surface area contributed by atoms with Crippen LogP contribution in [0.4, 0.5) is 8.78 Å². The Hall–Kier alpha value is -1.33. The molecule has 2 heterocycles. The van der Waals surface area contributed by atoms with E-state index in [2.05, 4.69) is 10.3 Å². The fraction of sp³-hybridized carbons (Fsp3) is 0.357. The summed E-state index contributed by atoms with van der Waals surface area (Å²) in [6, 6.07) is 3.95. The summed E-state index contributed by atoms with van der Waals surface area (Å²) < 4.78 is 26.3. The van der Waals surface area contributed by atoms with Gasteiger partial charge in [0.1, 0.15) is 0 Å². The van der Waals surface area contributed by atoms with E-state index in [-0.39, 0.29) is 0 Å². The van der Waals surface area contributed by atoms with Gasteiger partial charge in [0.2, 0.25) is 0 Å². The lowest BCUT2D eigenvalue weighted by Gasteiger charge is -2.02. The molecule has 2 aromatic rings. The summed E-state index contributed by atoms with van der Waals surface area (Å²) in [7, 11) is 0. The maximum Gasteiger partial charge on any atom is 0.159 e. The van der Waals surface area contributed by atoms with Crippen molar-refractivity contribution in [1.29, 1.82) is 0 Å². The molecule has 0 spiro atoms. The maximum absolute atomic E-state index is 13.3. The van der Waals surface area contributed by atoms with E-state index in [1.165, 1.54) is 6.07 Å². The van der Waals surface area contributed by atoms with Crippen molar-refractivity contribution in [3.05, 3.63) is 39.7 Å². The predicted octanol–water partition coefficient (Wildman–Crippen LogP) is 3.47. The molecule has 2 nitrogen and oxygen atoms in total. The summed E-state index contributed by atoms with van der Waals surface area (Å²) >= 11 is 1.65. The molecule has 0 radical (unpaired) electrons. The topological polar surface area (TPSA) is 24.9 Å². The van der Waals surface area contributed by atoms with Crippen LogP contribution in [0, 0.1) is 18.6 Å². The van der Waals surface area contributed by atoms with Crippen molar-refractivity contribution in [3.8, 4) is 11.3 Å². The highest BCUT2D eigenvalue weighted by Gasteiger charge is 2.22. The number of halogens is 2. The van der Waals surface area contributed by atoms with E-state index in [0.717, 1.165) is 41.2 Å².